The Bertz CT molecular complexity index is 947. The SMILES string of the molecule is O=C(/C=C/c1ccco1)Oc1ccc(C=NNC(=O)c2cccnc2)cc1. The predicted octanol–water partition coefficient (Wildman–Crippen LogP) is 3.06. The quantitative estimate of drug-likeness (QED) is 0.239. The summed E-state index contributed by atoms with van der Waals surface area (Å²) in [6.07, 6.45) is 8.84. The third kappa shape index (κ3) is 5.50. The Kier molecular flexibility index (Phi) is 5.88. The van der Waals surface area contributed by atoms with Crippen LogP contribution in [0.5, 0.6) is 5.75 Å². The van der Waals surface area contributed by atoms with E-state index in [0.717, 1.165) is 5.56 Å². The summed E-state index contributed by atoms with van der Waals surface area (Å²) < 4.78 is 10.3. The van der Waals surface area contributed by atoms with Gasteiger partial charge < -0.3 is 9.15 Å². The molecule has 3 rings (SSSR count). The number of hydrogen-bond acceptors (Lipinski definition) is 6. The van der Waals surface area contributed by atoms with Crippen LogP contribution >= 0.6 is 0 Å². The first-order valence-corrected chi connectivity index (χ1v) is 7.97. The van der Waals surface area contributed by atoms with Crippen molar-refractivity contribution in [3.8, 4) is 5.75 Å². The van der Waals surface area contributed by atoms with E-state index in [2.05, 4.69) is 15.5 Å². The maximum Gasteiger partial charge on any atom is 0.336 e. The van der Waals surface area contributed by atoms with Gasteiger partial charge in [-0.05, 0) is 60.2 Å². The van der Waals surface area contributed by atoms with E-state index in [4.69, 9.17) is 9.15 Å². The fraction of sp³-hybridized carbons (Fsp3) is 0. The van der Waals surface area contributed by atoms with Crippen molar-refractivity contribution < 1.29 is 18.7 Å². The van der Waals surface area contributed by atoms with Crippen molar-refractivity contribution in [3.05, 3.63) is 90.2 Å². The summed E-state index contributed by atoms with van der Waals surface area (Å²) in [5.74, 6) is 0.0808. The van der Waals surface area contributed by atoms with Crippen LogP contribution in [-0.4, -0.2) is 23.1 Å². The molecule has 7 heteroatoms. The standard InChI is InChI=1S/C20H15N3O4/c24-19(10-9-17-4-2-12-26-17)27-18-7-5-15(6-8-18)13-22-23-20(25)16-3-1-11-21-14-16/h1-14H,(H,23,25)/b10-9+,22-13?. The minimum atomic E-state index is -0.517. The monoisotopic (exact) mass is 361 g/mol. The minimum Gasteiger partial charge on any atom is -0.465 e. The third-order valence-electron chi connectivity index (χ3n) is 3.33. The largest absolute Gasteiger partial charge is 0.465 e. The third-order valence-corrected chi connectivity index (χ3v) is 3.33. The van der Waals surface area contributed by atoms with Crippen LogP contribution in [0.15, 0.2) is 82.8 Å². The lowest BCUT2D eigenvalue weighted by molar-refractivity contribution is -0.128. The topological polar surface area (TPSA) is 93.8 Å². The minimum absolute atomic E-state index is 0.353. The lowest BCUT2D eigenvalue weighted by atomic mass is 10.2. The average Bonchev–Trinajstić information content (AvgIpc) is 3.22. The van der Waals surface area contributed by atoms with E-state index in [9.17, 15) is 9.59 Å². The van der Waals surface area contributed by atoms with Gasteiger partial charge in [0.2, 0.25) is 0 Å². The number of aromatic nitrogens is 1. The summed E-state index contributed by atoms with van der Waals surface area (Å²) in [5, 5.41) is 3.88. The number of hydrogen-bond donors (Lipinski definition) is 1. The number of ether oxygens (including phenoxy) is 1. The molecule has 7 nitrogen and oxygen atoms in total. The molecule has 0 aliphatic carbocycles. The van der Waals surface area contributed by atoms with Crippen molar-refractivity contribution in [1.29, 1.82) is 0 Å². The molecule has 0 saturated heterocycles. The molecule has 0 radical (unpaired) electrons. The molecule has 134 valence electrons. The molecule has 0 aliphatic rings. The predicted molar refractivity (Wildman–Crippen MR) is 99.1 cm³/mol. The molecule has 0 atom stereocenters. The zero-order valence-electron chi connectivity index (χ0n) is 14.1. The van der Waals surface area contributed by atoms with Crippen LogP contribution in [0.3, 0.4) is 0 Å². The molecular weight excluding hydrogens is 346 g/mol. The fourth-order valence-corrected chi connectivity index (χ4v) is 2.04. The number of hydrazone groups is 1. The van der Waals surface area contributed by atoms with Crippen LogP contribution in [0.1, 0.15) is 21.7 Å². The summed E-state index contributed by atoms with van der Waals surface area (Å²) in [5.41, 5.74) is 3.56. The number of esters is 1. The van der Waals surface area contributed by atoms with E-state index in [-0.39, 0.29) is 5.91 Å². The average molecular weight is 361 g/mol. The van der Waals surface area contributed by atoms with Gasteiger partial charge in [0, 0.05) is 18.5 Å². The molecule has 2 heterocycles. The number of benzene rings is 1. The second kappa shape index (κ2) is 8.91. The summed E-state index contributed by atoms with van der Waals surface area (Å²) in [6.45, 7) is 0. The van der Waals surface area contributed by atoms with Gasteiger partial charge in [0.15, 0.2) is 0 Å². The zero-order chi connectivity index (χ0) is 18.9. The highest BCUT2D eigenvalue weighted by Crippen LogP contribution is 2.12. The van der Waals surface area contributed by atoms with Crippen LogP contribution in [0.4, 0.5) is 0 Å². The van der Waals surface area contributed by atoms with E-state index < -0.39 is 5.97 Å². The van der Waals surface area contributed by atoms with Crippen molar-refractivity contribution in [1.82, 2.24) is 10.4 Å². The van der Waals surface area contributed by atoms with Gasteiger partial charge in [-0.25, -0.2) is 10.2 Å². The Labute approximate surface area is 155 Å². The van der Waals surface area contributed by atoms with E-state index in [1.807, 2.05) is 0 Å². The molecule has 1 amide bonds. The van der Waals surface area contributed by atoms with Gasteiger partial charge >= 0.3 is 5.97 Å². The molecule has 0 fully saturated rings. The van der Waals surface area contributed by atoms with Crippen LogP contribution in [0, 0.1) is 0 Å². The number of nitrogens with one attached hydrogen (secondary N) is 1. The molecule has 0 unspecified atom stereocenters. The number of amides is 1. The highest BCUT2D eigenvalue weighted by atomic mass is 16.5. The molecule has 27 heavy (non-hydrogen) atoms. The maximum absolute atomic E-state index is 11.8. The molecule has 2 aromatic heterocycles. The number of carbonyl (C=O) groups is 2. The highest BCUT2D eigenvalue weighted by Gasteiger charge is 2.03. The first-order valence-electron chi connectivity index (χ1n) is 7.97. The second-order valence-corrected chi connectivity index (χ2v) is 5.28. The van der Waals surface area contributed by atoms with Crippen LogP contribution < -0.4 is 10.2 Å². The highest BCUT2D eigenvalue weighted by molar-refractivity contribution is 5.94. The lowest BCUT2D eigenvalue weighted by Crippen LogP contribution is -2.17. The van der Waals surface area contributed by atoms with Crippen molar-refractivity contribution >= 4 is 24.2 Å². The second-order valence-electron chi connectivity index (χ2n) is 5.28. The van der Waals surface area contributed by atoms with Gasteiger partial charge in [0.05, 0.1) is 18.0 Å². The molecule has 0 aliphatic heterocycles. The van der Waals surface area contributed by atoms with E-state index >= 15 is 0 Å². The normalized spacial score (nSPS) is 11.0. The lowest BCUT2D eigenvalue weighted by Gasteiger charge is -2.01. The maximum atomic E-state index is 11.8. The Morgan fingerprint density at radius 1 is 1.11 bits per heavy atom. The molecule has 0 saturated carbocycles. The van der Waals surface area contributed by atoms with Crippen molar-refractivity contribution in [2.24, 2.45) is 5.10 Å². The fourth-order valence-electron chi connectivity index (χ4n) is 2.04. The van der Waals surface area contributed by atoms with Gasteiger partial charge in [-0.15, -0.1) is 0 Å². The Hall–Kier alpha value is -4.00. The molecule has 1 aromatic carbocycles. The zero-order valence-corrected chi connectivity index (χ0v) is 14.1. The van der Waals surface area contributed by atoms with Crippen LogP contribution in [0.25, 0.3) is 6.08 Å². The smallest absolute Gasteiger partial charge is 0.336 e. The summed E-state index contributed by atoms with van der Waals surface area (Å²) in [6, 6.07) is 13.4. The van der Waals surface area contributed by atoms with Gasteiger partial charge in [-0.3, -0.25) is 9.78 Å². The molecule has 0 spiro atoms. The van der Waals surface area contributed by atoms with Gasteiger partial charge in [-0.1, -0.05) is 0 Å². The van der Waals surface area contributed by atoms with Gasteiger partial charge in [0.25, 0.3) is 5.91 Å². The number of pyridine rings is 1. The first kappa shape index (κ1) is 17.8. The number of carbonyl (C=O) groups excluding carboxylic acids is 2. The van der Waals surface area contributed by atoms with E-state index in [1.54, 1.807) is 54.7 Å². The van der Waals surface area contributed by atoms with E-state index in [0.29, 0.717) is 17.1 Å². The number of furan rings is 1. The van der Waals surface area contributed by atoms with Crippen molar-refractivity contribution in [3.63, 3.8) is 0 Å². The summed E-state index contributed by atoms with van der Waals surface area (Å²) >= 11 is 0. The summed E-state index contributed by atoms with van der Waals surface area (Å²) in [4.78, 5) is 27.4. The Morgan fingerprint density at radius 3 is 2.67 bits per heavy atom. The Balaban J connectivity index is 1.51. The molecule has 1 N–H and O–H groups in total. The van der Waals surface area contributed by atoms with Crippen molar-refractivity contribution in [2.75, 3.05) is 0 Å². The Morgan fingerprint density at radius 2 is 1.96 bits per heavy atom. The first-order chi connectivity index (χ1) is 13.2. The van der Waals surface area contributed by atoms with Gasteiger partial charge in [-0.2, -0.15) is 5.10 Å². The number of rotatable bonds is 6. The molecule has 0 bridgehead atoms. The van der Waals surface area contributed by atoms with Gasteiger partial charge in [0.1, 0.15) is 11.5 Å². The van der Waals surface area contributed by atoms with Crippen LogP contribution in [-0.2, 0) is 4.79 Å². The van der Waals surface area contributed by atoms with Crippen LogP contribution in [0.2, 0.25) is 0 Å². The summed E-state index contributed by atoms with van der Waals surface area (Å²) in [7, 11) is 0. The number of nitrogens with zero attached hydrogens (tertiary/aromatic N) is 2. The van der Waals surface area contributed by atoms with E-state index in [1.165, 1.54) is 30.8 Å². The van der Waals surface area contributed by atoms with Crippen molar-refractivity contribution in [2.45, 2.75) is 0 Å². The molecular formula is C20H15N3O4. The molecule has 3 aromatic rings.